The molecule has 7 nitrogen and oxygen atoms in total. The summed E-state index contributed by atoms with van der Waals surface area (Å²) >= 11 is 0. The number of hydrogen-bond donors (Lipinski definition) is 1. The summed E-state index contributed by atoms with van der Waals surface area (Å²) in [6.07, 6.45) is 2.19. The maximum absolute atomic E-state index is 12.0. The number of hydrogen-bond acceptors (Lipinski definition) is 5. The Morgan fingerprint density at radius 3 is 2.78 bits per heavy atom. The van der Waals surface area contributed by atoms with Gasteiger partial charge in [-0.3, -0.25) is 4.79 Å². The monoisotopic (exact) mass is 253 g/mol. The molecule has 0 unspecified atom stereocenters. The maximum atomic E-state index is 12.0. The van der Waals surface area contributed by atoms with Gasteiger partial charge < -0.3 is 14.9 Å². The first kappa shape index (κ1) is 13.0. The predicted molar refractivity (Wildman–Crippen MR) is 64.9 cm³/mol. The van der Waals surface area contributed by atoms with Crippen molar-refractivity contribution >= 4 is 5.91 Å². The lowest BCUT2D eigenvalue weighted by molar-refractivity contribution is -0.133. The van der Waals surface area contributed by atoms with Crippen LogP contribution < -0.4 is 0 Å². The van der Waals surface area contributed by atoms with Crippen LogP contribution in [0.2, 0.25) is 0 Å². The highest BCUT2D eigenvalue weighted by Gasteiger charge is 2.19. The fraction of sp³-hybridized carbons (Fsp3) is 0.727. The zero-order chi connectivity index (χ0) is 13.0. The molecule has 0 aromatic carbocycles. The molecule has 0 aliphatic carbocycles. The molecule has 18 heavy (non-hydrogen) atoms. The van der Waals surface area contributed by atoms with Gasteiger partial charge in [0.1, 0.15) is 6.54 Å². The van der Waals surface area contributed by atoms with Crippen molar-refractivity contribution in [2.24, 2.45) is 0 Å². The van der Waals surface area contributed by atoms with E-state index < -0.39 is 0 Å². The number of likely N-dealkylation sites (N-methyl/N-ethyl adjacent to an activating group) is 1. The van der Waals surface area contributed by atoms with E-state index >= 15 is 0 Å². The van der Waals surface area contributed by atoms with Crippen molar-refractivity contribution in [3.8, 4) is 0 Å². The third-order valence-corrected chi connectivity index (χ3v) is 3.11. The second-order valence-electron chi connectivity index (χ2n) is 4.57. The van der Waals surface area contributed by atoms with Crippen molar-refractivity contribution < 1.29 is 9.90 Å². The minimum atomic E-state index is 0.0467. The van der Waals surface area contributed by atoms with E-state index in [0.717, 1.165) is 26.2 Å². The number of aromatic nitrogens is 3. The molecule has 7 heteroatoms. The Labute approximate surface area is 106 Å². The summed E-state index contributed by atoms with van der Waals surface area (Å²) in [5, 5.41) is 16.6. The molecule has 1 aliphatic rings. The van der Waals surface area contributed by atoms with E-state index in [2.05, 4.69) is 22.3 Å². The minimum Gasteiger partial charge on any atom is -0.396 e. The summed E-state index contributed by atoms with van der Waals surface area (Å²) in [4.78, 5) is 16.1. The van der Waals surface area contributed by atoms with Crippen molar-refractivity contribution in [2.75, 3.05) is 39.8 Å². The van der Waals surface area contributed by atoms with Crippen LogP contribution in [0.4, 0.5) is 0 Å². The number of rotatable bonds is 4. The average Bonchev–Trinajstić information content (AvgIpc) is 2.78. The molecule has 0 spiro atoms. The molecule has 0 radical (unpaired) electrons. The van der Waals surface area contributed by atoms with Crippen molar-refractivity contribution in [3.63, 3.8) is 0 Å². The van der Waals surface area contributed by atoms with Gasteiger partial charge >= 0.3 is 0 Å². The first-order valence-corrected chi connectivity index (χ1v) is 6.15. The third kappa shape index (κ3) is 3.27. The number of piperazine rings is 1. The van der Waals surface area contributed by atoms with Gasteiger partial charge in [0.25, 0.3) is 0 Å². The second-order valence-corrected chi connectivity index (χ2v) is 4.57. The molecule has 0 saturated carbocycles. The summed E-state index contributed by atoms with van der Waals surface area (Å²) in [6, 6.07) is 0. The molecule has 1 amide bonds. The van der Waals surface area contributed by atoms with Crippen LogP contribution in [0.25, 0.3) is 0 Å². The summed E-state index contributed by atoms with van der Waals surface area (Å²) in [6.45, 7) is 3.64. The van der Waals surface area contributed by atoms with Gasteiger partial charge in [0, 0.05) is 45.4 Å². The smallest absolute Gasteiger partial charge is 0.244 e. The lowest BCUT2D eigenvalue weighted by Crippen LogP contribution is -2.48. The van der Waals surface area contributed by atoms with E-state index in [-0.39, 0.29) is 19.1 Å². The topological polar surface area (TPSA) is 74.5 Å². The van der Waals surface area contributed by atoms with Crippen LogP contribution in [-0.4, -0.2) is 75.6 Å². The number of carbonyl (C=O) groups excluding carboxylic acids is 1. The number of nitrogens with zero attached hydrogens (tertiary/aromatic N) is 5. The lowest BCUT2D eigenvalue weighted by atomic mass is 10.3. The van der Waals surface area contributed by atoms with Gasteiger partial charge in [0.05, 0.1) is 5.69 Å². The first-order valence-electron chi connectivity index (χ1n) is 6.15. The molecule has 1 aromatic rings. The SMILES string of the molecule is CN1CCN(C(=O)Cn2cc(CCO)nn2)CC1. The fourth-order valence-corrected chi connectivity index (χ4v) is 1.94. The van der Waals surface area contributed by atoms with Crippen molar-refractivity contribution in [3.05, 3.63) is 11.9 Å². The number of carbonyl (C=O) groups is 1. The zero-order valence-electron chi connectivity index (χ0n) is 10.6. The Hall–Kier alpha value is -1.47. The lowest BCUT2D eigenvalue weighted by Gasteiger charge is -2.32. The highest BCUT2D eigenvalue weighted by atomic mass is 16.3. The van der Waals surface area contributed by atoms with Crippen molar-refractivity contribution in [2.45, 2.75) is 13.0 Å². The van der Waals surface area contributed by atoms with Gasteiger partial charge in [-0.1, -0.05) is 5.21 Å². The minimum absolute atomic E-state index is 0.0467. The van der Waals surface area contributed by atoms with Crippen molar-refractivity contribution in [1.82, 2.24) is 24.8 Å². The van der Waals surface area contributed by atoms with E-state index in [9.17, 15) is 4.79 Å². The van der Waals surface area contributed by atoms with E-state index in [1.165, 1.54) is 4.68 Å². The third-order valence-electron chi connectivity index (χ3n) is 3.11. The van der Waals surface area contributed by atoms with Crippen molar-refractivity contribution in [1.29, 1.82) is 0 Å². The predicted octanol–water partition coefficient (Wildman–Crippen LogP) is -1.41. The Kier molecular flexibility index (Phi) is 4.27. The largest absolute Gasteiger partial charge is 0.396 e. The Morgan fingerprint density at radius 2 is 2.11 bits per heavy atom. The Bertz CT molecular complexity index is 398. The Morgan fingerprint density at radius 1 is 1.39 bits per heavy atom. The van der Waals surface area contributed by atoms with Gasteiger partial charge in [-0.05, 0) is 7.05 Å². The van der Waals surface area contributed by atoms with Gasteiger partial charge in [0.15, 0.2) is 0 Å². The zero-order valence-corrected chi connectivity index (χ0v) is 10.6. The number of aliphatic hydroxyl groups excluding tert-OH is 1. The van der Waals surface area contributed by atoms with E-state index in [0.29, 0.717) is 12.1 Å². The van der Waals surface area contributed by atoms with Gasteiger partial charge in [-0.25, -0.2) is 4.68 Å². The highest BCUT2D eigenvalue weighted by Crippen LogP contribution is 2.01. The summed E-state index contributed by atoms with van der Waals surface area (Å²) in [5.74, 6) is 0.0727. The molecule has 1 aromatic heterocycles. The van der Waals surface area contributed by atoms with Crippen LogP contribution in [0.3, 0.4) is 0 Å². The number of aliphatic hydroxyl groups is 1. The molecule has 1 saturated heterocycles. The molecular weight excluding hydrogens is 234 g/mol. The standard InChI is InChI=1S/C11H19N5O2/c1-14-3-5-15(6-4-14)11(18)9-16-8-10(2-7-17)12-13-16/h8,17H,2-7,9H2,1H3. The van der Waals surface area contributed by atoms with Crippen LogP contribution in [0.15, 0.2) is 6.20 Å². The molecule has 0 bridgehead atoms. The van der Waals surface area contributed by atoms with E-state index in [1.54, 1.807) is 6.20 Å². The van der Waals surface area contributed by atoms with E-state index in [1.807, 2.05) is 4.90 Å². The molecule has 1 fully saturated rings. The molecule has 0 atom stereocenters. The van der Waals surface area contributed by atoms with Crippen LogP contribution >= 0.6 is 0 Å². The van der Waals surface area contributed by atoms with E-state index in [4.69, 9.17) is 5.11 Å². The molecule has 2 rings (SSSR count). The average molecular weight is 253 g/mol. The van der Waals surface area contributed by atoms with Crippen LogP contribution in [0.1, 0.15) is 5.69 Å². The van der Waals surface area contributed by atoms with Crippen LogP contribution in [0.5, 0.6) is 0 Å². The molecule has 2 heterocycles. The quantitative estimate of drug-likeness (QED) is 0.713. The summed E-state index contributed by atoms with van der Waals surface area (Å²) < 4.78 is 1.53. The van der Waals surface area contributed by atoms with Gasteiger partial charge in [0.2, 0.25) is 5.91 Å². The fourth-order valence-electron chi connectivity index (χ4n) is 1.94. The normalized spacial score (nSPS) is 17.1. The molecule has 1 N–H and O–H groups in total. The van der Waals surface area contributed by atoms with Crippen LogP contribution in [0, 0.1) is 0 Å². The second kappa shape index (κ2) is 5.92. The molecule has 100 valence electrons. The summed E-state index contributed by atoms with van der Waals surface area (Å²) in [5.41, 5.74) is 0.712. The molecular formula is C11H19N5O2. The number of amides is 1. The van der Waals surface area contributed by atoms with Gasteiger partial charge in [-0.15, -0.1) is 5.10 Å². The first-order chi connectivity index (χ1) is 8.69. The van der Waals surface area contributed by atoms with Crippen LogP contribution in [-0.2, 0) is 17.8 Å². The van der Waals surface area contributed by atoms with Gasteiger partial charge in [-0.2, -0.15) is 0 Å². The summed E-state index contributed by atoms with van der Waals surface area (Å²) in [7, 11) is 2.06. The Balaban J connectivity index is 1.86. The highest BCUT2D eigenvalue weighted by molar-refractivity contribution is 5.76. The molecule has 1 aliphatic heterocycles. The maximum Gasteiger partial charge on any atom is 0.244 e.